The van der Waals surface area contributed by atoms with Gasteiger partial charge in [0.2, 0.25) is 0 Å². The minimum Gasteiger partial charge on any atom is -0.753 e. The maximum absolute atomic E-state index is 10.5. The molecule has 1 N–H and O–H groups in total. The van der Waals surface area contributed by atoms with Gasteiger partial charge in [-0.3, -0.25) is 29.3 Å². The number of carbonyl (C=O) groups excluding carboxylic acids is 3. The Kier molecular flexibility index (Phi) is 20.9. The zero-order valence-corrected chi connectivity index (χ0v) is 37.2. The number of hydrogen-bond donors (Lipinski definition) is 1. The number of imidazole rings is 1. The fraction of sp³-hybridized carbons (Fsp3) is 0.128. The van der Waals surface area contributed by atoms with Gasteiger partial charge in [-0.2, -0.15) is 5.16 Å². The number of nitrogens with zero attached hydrogens (tertiary/aromatic N) is 6. The zero-order valence-electron chi connectivity index (χ0n) is 33.8. The first-order valence-corrected chi connectivity index (χ1v) is 20.5. The van der Waals surface area contributed by atoms with Gasteiger partial charge in [0.15, 0.2) is 5.82 Å². The van der Waals surface area contributed by atoms with Crippen molar-refractivity contribution in [3.05, 3.63) is 149 Å². The number of rotatable bonds is 18. The quantitative estimate of drug-likeness (QED) is 0.0164. The smallest absolute Gasteiger partial charge is 0.753 e. The molecule has 7 rings (SSSR count). The SMILES string of the molecule is CCCCCCc1ccsc1-c1ccnc(-c2nc3ccccc3[nH]2)c1.O=CO/C=C/c1ccnc(-c2cc(/C=C/OC=O)cc(-c3cc(/C=C/OC=O)ccn3)n2)c1.[N-]=C=S.[Ru+]. The molecule has 63 heavy (non-hydrogen) atoms. The predicted octanol–water partition coefficient (Wildman–Crippen LogP) is 10.8. The van der Waals surface area contributed by atoms with Gasteiger partial charge in [-0.25, -0.2) is 9.97 Å². The van der Waals surface area contributed by atoms with E-state index in [0.717, 1.165) is 40.1 Å². The first-order chi connectivity index (χ1) is 30.5. The Morgan fingerprint density at radius 2 is 1.24 bits per heavy atom. The van der Waals surface area contributed by atoms with Gasteiger partial charge >= 0.3 is 19.5 Å². The summed E-state index contributed by atoms with van der Waals surface area (Å²) in [4.78, 5) is 58.6. The third-order valence-electron chi connectivity index (χ3n) is 8.82. The van der Waals surface area contributed by atoms with Crippen molar-refractivity contribution in [3.63, 3.8) is 0 Å². The molecule has 7 aromatic rings. The normalized spacial score (nSPS) is 10.6. The first kappa shape index (κ1) is 48.7. The summed E-state index contributed by atoms with van der Waals surface area (Å²) in [6, 6.07) is 25.2. The standard InChI is InChI=1S/C24H17N3O6.C22H23N3S.CNS.Ru/c28-15-31-8-3-18-1-6-25-21(11-18)23-13-20(5-10-33-17-30)14-24(27-23)22-12-19(2-7-26-22)4-9-32-16-29;1-2-3-4-5-8-16-12-14-26-21(16)17-11-13-23-20(15-17)22-24-18-9-6-7-10-19(18)25-22;2-1-3;/h1-17H;6-7,9-15H,2-5,8H2,1H3,(H,24,25);;/q;;-1;+1/b8-3+,9-4+,10-5+;;;. The van der Waals surface area contributed by atoms with Crippen LogP contribution in [0.25, 0.3) is 79.4 Å². The zero-order chi connectivity index (χ0) is 43.8. The van der Waals surface area contributed by atoms with E-state index < -0.39 is 0 Å². The Morgan fingerprint density at radius 1 is 0.683 bits per heavy atom. The minimum atomic E-state index is 0. The second-order valence-electron chi connectivity index (χ2n) is 12.9. The Morgan fingerprint density at radius 3 is 1.83 bits per heavy atom. The third-order valence-corrected chi connectivity index (χ3v) is 9.83. The molecule has 0 fully saturated rings. The van der Waals surface area contributed by atoms with Crippen LogP contribution in [0, 0.1) is 0 Å². The van der Waals surface area contributed by atoms with Crippen LogP contribution in [0.3, 0.4) is 0 Å². The number of H-pyrrole nitrogens is 1. The summed E-state index contributed by atoms with van der Waals surface area (Å²) in [5.41, 5.74) is 9.98. The first-order valence-electron chi connectivity index (χ1n) is 19.2. The number of aryl methyl sites for hydroxylation is 1. The molecule has 13 nitrogen and oxygen atoms in total. The number of para-hydroxylation sites is 2. The van der Waals surface area contributed by atoms with Crippen LogP contribution in [-0.2, 0) is 54.5 Å². The summed E-state index contributed by atoms with van der Waals surface area (Å²) in [7, 11) is 0. The number of thiocarbonyl (C=S) groups is 1. The predicted molar refractivity (Wildman–Crippen MR) is 246 cm³/mol. The van der Waals surface area contributed by atoms with Crippen LogP contribution < -0.4 is 0 Å². The topological polar surface area (TPSA) is 181 Å². The number of thiophene rings is 1. The molecule has 1 radical (unpaired) electrons. The van der Waals surface area contributed by atoms with E-state index in [0.29, 0.717) is 47.8 Å². The Labute approximate surface area is 386 Å². The molecule has 6 heterocycles. The Balaban J connectivity index is 0.000000262. The van der Waals surface area contributed by atoms with E-state index in [1.165, 1.54) is 65.6 Å². The maximum Gasteiger partial charge on any atom is 1.00 e. The van der Waals surface area contributed by atoms with Crippen LogP contribution in [0.4, 0.5) is 0 Å². The van der Waals surface area contributed by atoms with Crippen LogP contribution in [0.2, 0.25) is 0 Å². The second-order valence-corrected chi connectivity index (χ2v) is 14.0. The number of aromatic nitrogens is 6. The van der Waals surface area contributed by atoms with E-state index in [9.17, 15) is 14.4 Å². The van der Waals surface area contributed by atoms with Gasteiger partial charge in [0, 0.05) is 23.5 Å². The van der Waals surface area contributed by atoms with Crippen molar-refractivity contribution in [2.24, 2.45) is 0 Å². The molecule has 0 unspecified atom stereocenters. The number of carbonyl (C=O) groups is 3. The average Bonchev–Trinajstić information content (AvgIpc) is 3.97. The molecule has 0 atom stereocenters. The van der Waals surface area contributed by atoms with Crippen molar-refractivity contribution in [1.29, 1.82) is 0 Å². The molecule has 0 amide bonds. The number of isothiocyanates is 1. The van der Waals surface area contributed by atoms with Crippen molar-refractivity contribution in [1.82, 2.24) is 29.9 Å². The van der Waals surface area contributed by atoms with E-state index in [1.54, 1.807) is 67.0 Å². The number of unbranched alkanes of at least 4 members (excludes halogenated alkanes) is 3. The van der Waals surface area contributed by atoms with E-state index in [-0.39, 0.29) is 19.5 Å². The summed E-state index contributed by atoms with van der Waals surface area (Å²) < 4.78 is 13.8. The van der Waals surface area contributed by atoms with Crippen LogP contribution in [0.1, 0.15) is 54.9 Å². The van der Waals surface area contributed by atoms with Crippen molar-refractivity contribution in [2.75, 3.05) is 0 Å². The van der Waals surface area contributed by atoms with Gasteiger partial charge < -0.3 is 24.6 Å². The van der Waals surface area contributed by atoms with Crippen LogP contribution in [0.5, 0.6) is 0 Å². The molecule has 1 aromatic carbocycles. The minimum absolute atomic E-state index is 0. The number of nitrogens with one attached hydrogen (secondary N) is 1. The van der Waals surface area contributed by atoms with Crippen LogP contribution in [0.15, 0.2) is 122 Å². The summed E-state index contributed by atoms with van der Waals surface area (Å²) in [5.74, 6) is 0.828. The molecule has 0 saturated heterocycles. The molecule has 0 aliphatic carbocycles. The van der Waals surface area contributed by atoms with Gasteiger partial charge in [-0.15, -0.1) is 11.3 Å². The monoisotopic (exact) mass is 964 g/mol. The van der Waals surface area contributed by atoms with E-state index in [1.807, 2.05) is 41.8 Å². The van der Waals surface area contributed by atoms with E-state index in [4.69, 9.17) is 5.41 Å². The number of benzene rings is 1. The van der Waals surface area contributed by atoms with E-state index >= 15 is 0 Å². The van der Waals surface area contributed by atoms with Gasteiger partial charge in [-0.1, -0.05) is 50.5 Å². The van der Waals surface area contributed by atoms with Crippen LogP contribution in [-0.4, -0.2) is 54.5 Å². The molecule has 319 valence electrons. The molecular weight excluding hydrogens is 924 g/mol. The van der Waals surface area contributed by atoms with Crippen molar-refractivity contribution >= 4 is 77.4 Å². The molecule has 6 aromatic heterocycles. The molecular formula is C47H40N7O6RuS2. The third kappa shape index (κ3) is 15.2. The molecule has 16 heteroatoms. The van der Waals surface area contributed by atoms with Gasteiger partial charge in [-0.05, 0) is 131 Å². The molecule has 0 saturated carbocycles. The molecule has 0 aliphatic heterocycles. The number of pyridine rings is 4. The van der Waals surface area contributed by atoms with Gasteiger partial charge in [0.1, 0.15) is 5.69 Å². The average molecular weight is 964 g/mol. The number of aromatic amines is 1. The molecule has 0 spiro atoms. The summed E-state index contributed by atoms with van der Waals surface area (Å²) in [6.45, 7) is 3.22. The largest absolute Gasteiger partial charge is 1.00 e. The van der Waals surface area contributed by atoms with Crippen molar-refractivity contribution in [3.8, 4) is 44.7 Å². The van der Waals surface area contributed by atoms with Gasteiger partial charge in [0.05, 0.1) is 52.6 Å². The summed E-state index contributed by atoms with van der Waals surface area (Å²) >= 11 is 5.52. The Hall–Kier alpha value is -6.96. The van der Waals surface area contributed by atoms with Gasteiger partial charge in [0.25, 0.3) is 19.4 Å². The summed E-state index contributed by atoms with van der Waals surface area (Å²) in [5, 5.41) is 10.7. The molecule has 0 bridgehead atoms. The van der Waals surface area contributed by atoms with Crippen molar-refractivity contribution in [2.45, 2.75) is 39.0 Å². The van der Waals surface area contributed by atoms with Crippen LogP contribution >= 0.6 is 23.6 Å². The maximum atomic E-state index is 10.5. The number of ether oxygens (including phenoxy) is 3. The fourth-order valence-corrected chi connectivity index (χ4v) is 7.00. The number of hydrogen-bond acceptors (Lipinski definition) is 13. The summed E-state index contributed by atoms with van der Waals surface area (Å²) in [6.07, 6.45) is 20.0. The van der Waals surface area contributed by atoms with Crippen molar-refractivity contribution < 1.29 is 48.1 Å². The second kappa shape index (κ2) is 27.1. The Bertz CT molecular complexity index is 2580. The number of fused-ring (bicyclic) bond motifs is 1. The van der Waals surface area contributed by atoms with E-state index in [2.05, 4.69) is 86.8 Å². The molecule has 0 aliphatic rings. The fourth-order valence-electron chi connectivity index (χ4n) is 6.04.